The number of carbonyl (C=O) groups is 2. The SMILES string of the molecule is COCc1c(C(=O)N2CCCCC2CNC(=O)OC(C)(C)C)sc2cccc(F)c12. The topological polar surface area (TPSA) is 67.9 Å². The number of piperidine rings is 1. The van der Waals surface area contributed by atoms with Gasteiger partial charge in [0.05, 0.1) is 11.5 Å². The van der Waals surface area contributed by atoms with Gasteiger partial charge >= 0.3 is 6.09 Å². The zero-order chi connectivity index (χ0) is 21.9. The molecule has 0 spiro atoms. The molecule has 1 aromatic carbocycles. The third-order valence-electron chi connectivity index (χ3n) is 5.02. The molecular weight excluding hydrogens is 407 g/mol. The molecule has 1 aliphatic heterocycles. The number of nitrogens with one attached hydrogen (secondary N) is 1. The molecule has 1 aromatic heterocycles. The van der Waals surface area contributed by atoms with E-state index in [1.807, 2.05) is 6.07 Å². The van der Waals surface area contributed by atoms with Crippen molar-refractivity contribution in [3.63, 3.8) is 0 Å². The van der Waals surface area contributed by atoms with Crippen LogP contribution in [0.2, 0.25) is 0 Å². The number of thiophene rings is 1. The third kappa shape index (κ3) is 5.10. The van der Waals surface area contributed by atoms with E-state index in [4.69, 9.17) is 9.47 Å². The summed E-state index contributed by atoms with van der Waals surface area (Å²) in [7, 11) is 1.53. The summed E-state index contributed by atoms with van der Waals surface area (Å²) in [6.45, 7) is 6.50. The summed E-state index contributed by atoms with van der Waals surface area (Å²) in [5.41, 5.74) is 0.00699. The number of methoxy groups -OCH3 is 1. The van der Waals surface area contributed by atoms with Crippen molar-refractivity contribution in [3.8, 4) is 0 Å². The Balaban J connectivity index is 1.82. The van der Waals surface area contributed by atoms with Crippen LogP contribution in [0.1, 0.15) is 55.3 Å². The Morgan fingerprint density at radius 1 is 1.30 bits per heavy atom. The highest BCUT2D eigenvalue weighted by atomic mass is 32.1. The maximum atomic E-state index is 14.5. The normalized spacial score (nSPS) is 17.2. The lowest BCUT2D eigenvalue weighted by molar-refractivity contribution is 0.0463. The lowest BCUT2D eigenvalue weighted by atomic mass is 10.0. The van der Waals surface area contributed by atoms with Crippen molar-refractivity contribution in [1.82, 2.24) is 10.2 Å². The number of hydrogen-bond donors (Lipinski definition) is 1. The Kier molecular flexibility index (Phi) is 6.98. The summed E-state index contributed by atoms with van der Waals surface area (Å²) in [6, 6.07) is 4.73. The first-order chi connectivity index (χ1) is 14.2. The molecule has 0 aliphatic carbocycles. The smallest absolute Gasteiger partial charge is 0.407 e. The summed E-state index contributed by atoms with van der Waals surface area (Å²) in [5.74, 6) is -0.491. The highest BCUT2D eigenvalue weighted by molar-refractivity contribution is 7.21. The quantitative estimate of drug-likeness (QED) is 0.737. The number of alkyl carbamates (subject to hydrolysis) is 1. The van der Waals surface area contributed by atoms with Gasteiger partial charge in [-0.1, -0.05) is 6.07 Å². The molecule has 2 amide bonds. The van der Waals surface area contributed by atoms with Gasteiger partial charge in [0.15, 0.2) is 0 Å². The monoisotopic (exact) mass is 436 g/mol. The molecule has 164 valence electrons. The molecule has 1 atom stereocenters. The van der Waals surface area contributed by atoms with E-state index in [9.17, 15) is 14.0 Å². The number of rotatable bonds is 5. The molecule has 1 N–H and O–H groups in total. The fourth-order valence-corrected chi connectivity index (χ4v) is 4.93. The number of ether oxygens (including phenoxy) is 2. The second-order valence-corrected chi connectivity index (χ2v) is 9.54. The summed E-state index contributed by atoms with van der Waals surface area (Å²) in [4.78, 5) is 27.8. The van der Waals surface area contributed by atoms with Crippen LogP contribution >= 0.6 is 11.3 Å². The molecule has 3 rings (SSSR count). The number of likely N-dealkylation sites (tertiary alicyclic amines) is 1. The van der Waals surface area contributed by atoms with E-state index in [0.29, 0.717) is 28.9 Å². The number of benzene rings is 1. The van der Waals surface area contributed by atoms with Gasteiger partial charge in [0.2, 0.25) is 0 Å². The highest BCUT2D eigenvalue weighted by Gasteiger charge is 2.31. The zero-order valence-corrected chi connectivity index (χ0v) is 18.7. The lowest BCUT2D eigenvalue weighted by Gasteiger charge is -2.36. The molecule has 2 aromatic rings. The van der Waals surface area contributed by atoms with E-state index < -0.39 is 11.7 Å². The van der Waals surface area contributed by atoms with Crippen LogP contribution in [0.25, 0.3) is 10.1 Å². The minimum atomic E-state index is -0.581. The first-order valence-electron chi connectivity index (χ1n) is 10.2. The summed E-state index contributed by atoms with van der Waals surface area (Å²) >= 11 is 1.29. The number of amides is 2. The average molecular weight is 437 g/mol. The van der Waals surface area contributed by atoms with Gasteiger partial charge in [-0.2, -0.15) is 0 Å². The summed E-state index contributed by atoms with van der Waals surface area (Å²) < 4.78 is 25.8. The van der Waals surface area contributed by atoms with Crippen LogP contribution in [-0.4, -0.2) is 48.7 Å². The Labute approximate surface area is 180 Å². The fourth-order valence-electron chi connectivity index (χ4n) is 3.75. The van der Waals surface area contributed by atoms with Crippen LogP contribution in [-0.2, 0) is 16.1 Å². The van der Waals surface area contributed by atoms with Crippen molar-refractivity contribution in [2.45, 2.75) is 58.3 Å². The molecule has 1 unspecified atom stereocenters. The lowest BCUT2D eigenvalue weighted by Crippen LogP contribution is -2.50. The van der Waals surface area contributed by atoms with Crippen LogP contribution in [0.4, 0.5) is 9.18 Å². The van der Waals surface area contributed by atoms with Crippen molar-refractivity contribution in [3.05, 3.63) is 34.5 Å². The minimum Gasteiger partial charge on any atom is -0.444 e. The van der Waals surface area contributed by atoms with Crippen molar-refractivity contribution in [2.75, 3.05) is 20.2 Å². The minimum absolute atomic E-state index is 0.135. The van der Waals surface area contributed by atoms with Crippen molar-refractivity contribution < 1.29 is 23.5 Å². The van der Waals surface area contributed by atoms with Crippen LogP contribution in [0.3, 0.4) is 0 Å². The highest BCUT2D eigenvalue weighted by Crippen LogP contribution is 2.35. The molecule has 1 aliphatic rings. The van der Waals surface area contributed by atoms with Gasteiger partial charge in [0, 0.05) is 41.9 Å². The Morgan fingerprint density at radius 3 is 2.77 bits per heavy atom. The second-order valence-electron chi connectivity index (χ2n) is 8.49. The summed E-state index contributed by atoms with van der Waals surface area (Å²) in [6.07, 6.45) is 2.18. The van der Waals surface area contributed by atoms with E-state index in [0.717, 1.165) is 24.0 Å². The van der Waals surface area contributed by atoms with Gasteiger partial charge in [-0.15, -0.1) is 11.3 Å². The van der Waals surface area contributed by atoms with Crippen molar-refractivity contribution >= 4 is 33.4 Å². The van der Waals surface area contributed by atoms with Gasteiger partial charge in [0.1, 0.15) is 11.4 Å². The number of halogens is 1. The molecule has 6 nitrogen and oxygen atoms in total. The maximum absolute atomic E-state index is 14.5. The number of carbonyl (C=O) groups excluding carboxylic acids is 2. The molecule has 1 saturated heterocycles. The second kappa shape index (κ2) is 9.31. The van der Waals surface area contributed by atoms with Gasteiger partial charge in [0.25, 0.3) is 5.91 Å². The average Bonchev–Trinajstić information content (AvgIpc) is 3.05. The van der Waals surface area contributed by atoms with Crippen LogP contribution in [0.15, 0.2) is 18.2 Å². The largest absolute Gasteiger partial charge is 0.444 e. The molecule has 0 radical (unpaired) electrons. The van der Waals surface area contributed by atoms with Crippen molar-refractivity contribution in [2.24, 2.45) is 0 Å². The van der Waals surface area contributed by atoms with Gasteiger partial charge in [-0.25, -0.2) is 9.18 Å². The Morgan fingerprint density at radius 2 is 2.07 bits per heavy atom. The first-order valence-corrected chi connectivity index (χ1v) is 11.0. The maximum Gasteiger partial charge on any atom is 0.407 e. The molecule has 0 saturated carbocycles. The van der Waals surface area contributed by atoms with E-state index in [2.05, 4.69) is 5.32 Å². The molecule has 1 fully saturated rings. The van der Waals surface area contributed by atoms with Gasteiger partial charge < -0.3 is 19.7 Å². The molecule has 8 heteroatoms. The van der Waals surface area contributed by atoms with Crippen LogP contribution in [0.5, 0.6) is 0 Å². The van der Waals surface area contributed by atoms with E-state index in [1.165, 1.54) is 24.5 Å². The molecule has 0 bridgehead atoms. The predicted octanol–water partition coefficient (Wildman–Crippen LogP) is 4.71. The molecule has 30 heavy (non-hydrogen) atoms. The van der Waals surface area contributed by atoms with E-state index >= 15 is 0 Å². The predicted molar refractivity (Wildman–Crippen MR) is 115 cm³/mol. The summed E-state index contributed by atoms with van der Waals surface area (Å²) in [5, 5.41) is 3.24. The van der Waals surface area contributed by atoms with Crippen molar-refractivity contribution in [1.29, 1.82) is 0 Å². The standard InChI is InChI=1S/C22H29FN2O4S/c1-22(2,3)29-21(27)24-12-14-8-5-6-11-25(14)20(26)19-15(13-28-4)18-16(23)9-7-10-17(18)30-19/h7,9-10,14H,5-6,8,11-13H2,1-4H3,(H,24,27). The number of nitrogens with zero attached hydrogens (tertiary/aromatic N) is 1. The Bertz CT molecular complexity index is 922. The van der Waals surface area contributed by atoms with Gasteiger partial charge in [-0.3, -0.25) is 4.79 Å². The fraction of sp³-hybridized carbons (Fsp3) is 0.545. The molecule has 2 heterocycles. The van der Waals surface area contributed by atoms with Crippen LogP contribution in [0, 0.1) is 5.82 Å². The van der Waals surface area contributed by atoms with E-state index in [-0.39, 0.29) is 24.4 Å². The first kappa shape index (κ1) is 22.5. The molecular formula is C22H29FN2O4S. The van der Waals surface area contributed by atoms with Crippen LogP contribution < -0.4 is 5.32 Å². The zero-order valence-electron chi connectivity index (χ0n) is 17.9. The number of fused-ring (bicyclic) bond motifs is 1. The third-order valence-corrected chi connectivity index (χ3v) is 6.20. The van der Waals surface area contributed by atoms with E-state index in [1.54, 1.807) is 31.7 Å². The number of hydrogen-bond acceptors (Lipinski definition) is 5. The van der Waals surface area contributed by atoms with Gasteiger partial charge in [-0.05, 0) is 52.2 Å². The Hall–Kier alpha value is -2.19.